The van der Waals surface area contributed by atoms with Crippen LogP contribution in [0.4, 0.5) is 0 Å². The fraction of sp³-hybridized carbons (Fsp3) is 0.250. The molecule has 0 spiro atoms. The summed E-state index contributed by atoms with van der Waals surface area (Å²) in [5, 5.41) is 10.3. The Morgan fingerprint density at radius 1 is 1.25 bits per heavy atom. The van der Waals surface area contributed by atoms with Crippen LogP contribution in [-0.4, -0.2) is 11.1 Å². The number of aliphatic carboxylic acids is 1. The van der Waals surface area contributed by atoms with Crippen LogP contribution in [-0.2, 0) is 4.79 Å². The van der Waals surface area contributed by atoms with Crippen LogP contribution >= 0.6 is 23.2 Å². The Morgan fingerprint density at radius 2 is 1.94 bits per heavy atom. The number of carbonyl (C=O) groups is 1. The van der Waals surface area contributed by atoms with E-state index >= 15 is 0 Å². The van der Waals surface area contributed by atoms with Gasteiger partial charge < -0.3 is 5.11 Å². The molecule has 16 heavy (non-hydrogen) atoms. The summed E-state index contributed by atoms with van der Waals surface area (Å²) in [4.78, 5) is 11.0. The van der Waals surface area contributed by atoms with E-state index < -0.39 is 5.97 Å². The van der Waals surface area contributed by atoms with Crippen molar-refractivity contribution in [1.82, 2.24) is 0 Å². The first kappa shape index (κ1) is 10.2. The van der Waals surface area contributed by atoms with Gasteiger partial charge in [-0.1, -0.05) is 35.4 Å². The number of fused-ring (bicyclic) bond motifs is 3. The van der Waals surface area contributed by atoms with Crippen molar-refractivity contribution in [2.75, 3.05) is 0 Å². The lowest BCUT2D eigenvalue weighted by Crippen LogP contribution is -2.00. The van der Waals surface area contributed by atoms with E-state index in [1.165, 1.54) is 0 Å². The number of hydrogen-bond donors (Lipinski definition) is 1. The summed E-state index contributed by atoms with van der Waals surface area (Å²) in [5.41, 5.74) is 1.77. The van der Waals surface area contributed by atoms with E-state index in [9.17, 15) is 4.79 Å². The molecule has 0 saturated heterocycles. The van der Waals surface area contributed by atoms with E-state index in [4.69, 9.17) is 28.3 Å². The molecule has 0 aromatic heterocycles. The van der Waals surface area contributed by atoms with Gasteiger partial charge in [-0.2, -0.15) is 0 Å². The minimum Gasteiger partial charge on any atom is -0.481 e. The molecule has 1 N–H and O–H groups in total. The summed E-state index contributed by atoms with van der Waals surface area (Å²) in [6, 6.07) is 3.47. The van der Waals surface area contributed by atoms with E-state index in [-0.39, 0.29) is 17.8 Å². The third-order valence-corrected chi connectivity index (χ3v) is 4.02. The Morgan fingerprint density at radius 3 is 2.62 bits per heavy atom. The second kappa shape index (κ2) is 3.25. The maximum Gasteiger partial charge on any atom is 0.307 e. The average molecular weight is 255 g/mol. The molecule has 3 atom stereocenters. The number of benzene rings is 1. The van der Waals surface area contributed by atoms with Gasteiger partial charge in [0.25, 0.3) is 0 Å². The van der Waals surface area contributed by atoms with Crippen LogP contribution < -0.4 is 0 Å². The smallest absolute Gasteiger partial charge is 0.307 e. The molecule has 0 heterocycles. The quantitative estimate of drug-likeness (QED) is 0.834. The molecule has 2 aliphatic carbocycles. The van der Waals surface area contributed by atoms with Gasteiger partial charge in [-0.05, 0) is 29.2 Å². The van der Waals surface area contributed by atoms with Gasteiger partial charge >= 0.3 is 5.97 Å². The van der Waals surface area contributed by atoms with Crippen molar-refractivity contribution >= 4 is 35.2 Å². The number of hydrogen-bond acceptors (Lipinski definition) is 1. The third-order valence-electron chi connectivity index (χ3n) is 3.36. The Labute approximate surface area is 102 Å². The molecule has 0 aliphatic heterocycles. The van der Waals surface area contributed by atoms with Gasteiger partial charge in [0.1, 0.15) is 0 Å². The SMILES string of the molecule is O=C(O)[C@@H]1[C@H]2C=Cc3c(Cl)ccc(Cl)c3[C@H]21. The molecule has 1 saturated carbocycles. The topological polar surface area (TPSA) is 37.3 Å². The molecule has 0 bridgehead atoms. The lowest BCUT2D eigenvalue weighted by atomic mass is 9.97. The predicted molar refractivity (Wildman–Crippen MR) is 62.9 cm³/mol. The van der Waals surface area contributed by atoms with Crippen molar-refractivity contribution in [1.29, 1.82) is 0 Å². The van der Waals surface area contributed by atoms with Crippen LogP contribution in [0, 0.1) is 11.8 Å². The molecule has 1 aromatic rings. The van der Waals surface area contributed by atoms with Gasteiger partial charge in [0.05, 0.1) is 5.92 Å². The molecule has 2 nitrogen and oxygen atoms in total. The van der Waals surface area contributed by atoms with Crippen LogP contribution in [0.3, 0.4) is 0 Å². The molecule has 1 fully saturated rings. The first-order valence-corrected chi connectivity index (χ1v) is 5.76. The van der Waals surface area contributed by atoms with Crippen molar-refractivity contribution in [2.24, 2.45) is 11.8 Å². The maximum atomic E-state index is 11.0. The number of allylic oxidation sites excluding steroid dienone is 1. The van der Waals surface area contributed by atoms with Gasteiger partial charge in [-0.3, -0.25) is 4.79 Å². The van der Waals surface area contributed by atoms with Gasteiger partial charge in [-0.25, -0.2) is 0 Å². The summed E-state index contributed by atoms with van der Waals surface area (Å²) in [6.07, 6.45) is 3.81. The fourth-order valence-corrected chi connectivity index (χ4v) is 3.08. The molecule has 1 aromatic carbocycles. The van der Waals surface area contributed by atoms with Crippen molar-refractivity contribution < 1.29 is 9.90 Å². The summed E-state index contributed by atoms with van der Waals surface area (Å²) in [6.45, 7) is 0. The third kappa shape index (κ3) is 1.23. The van der Waals surface area contributed by atoms with Gasteiger partial charge in [0, 0.05) is 16.0 Å². The summed E-state index contributed by atoms with van der Waals surface area (Å²) >= 11 is 12.2. The van der Waals surface area contributed by atoms with Crippen molar-refractivity contribution in [3.8, 4) is 0 Å². The Bertz CT molecular complexity index is 522. The number of carboxylic acid groups (broad SMARTS) is 1. The van der Waals surface area contributed by atoms with Crippen LogP contribution in [0.15, 0.2) is 18.2 Å². The van der Waals surface area contributed by atoms with Crippen LogP contribution in [0.5, 0.6) is 0 Å². The van der Waals surface area contributed by atoms with E-state index in [0.29, 0.717) is 10.0 Å². The first-order valence-electron chi connectivity index (χ1n) is 5.00. The Hall–Kier alpha value is -0.990. The van der Waals surface area contributed by atoms with Crippen LogP contribution in [0.25, 0.3) is 6.08 Å². The summed E-state index contributed by atoms with van der Waals surface area (Å²) in [7, 11) is 0. The maximum absolute atomic E-state index is 11.0. The molecule has 0 radical (unpaired) electrons. The van der Waals surface area contributed by atoms with Crippen LogP contribution in [0.2, 0.25) is 10.0 Å². The Balaban J connectivity index is 2.16. The molecule has 0 unspecified atom stereocenters. The highest BCUT2D eigenvalue weighted by molar-refractivity contribution is 6.35. The van der Waals surface area contributed by atoms with Crippen molar-refractivity contribution in [3.05, 3.63) is 39.4 Å². The fourth-order valence-electron chi connectivity index (χ4n) is 2.56. The molecule has 4 heteroatoms. The zero-order chi connectivity index (χ0) is 11.4. The molecule has 2 aliphatic rings. The average Bonchev–Trinajstić information content (AvgIpc) is 2.97. The minimum absolute atomic E-state index is 0.00343. The molecular weight excluding hydrogens is 247 g/mol. The highest BCUT2D eigenvalue weighted by Crippen LogP contribution is 2.60. The largest absolute Gasteiger partial charge is 0.481 e. The van der Waals surface area contributed by atoms with Crippen molar-refractivity contribution in [2.45, 2.75) is 5.92 Å². The molecule has 0 amide bonds. The summed E-state index contributed by atoms with van der Waals surface area (Å²) < 4.78 is 0. The highest BCUT2D eigenvalue weighted by Gasteiger charge is 2.57. The number of carboxylic acids is 1. The Kier molecular flexibility index (Phi) is 2.07. The zero-order valence-corrected chi connectivity index (χ0v) is 9.66. The van der Waals surface area contributed by atoms with Gasteiger partial charge in [0.2, 0.25) is 0 Å². The molecule has 82 valence electrons. The first-order chi connectivity index (χ1) is 7.61. The second-order valence-electron chi connectivity index (χ2n) is 4.18. The molecule has 3 rings (SSSR count). The summed E-state index contributed by atoms with van der Waals surface area (Å²) in [5.74, 6) is -1.01. The van der Waals surface area contributed by atoms with Crippen LogP contribution in [0.1, 0.15) is 17.0 Å². The molecular formula is C12H8Cl2O2. The highest BCUT2D eigenvalue weighted by atomic mass is 35.5. The van der Waals surface area contributed by atoms with E-state index in [1.807, 2.05) is 12.2 Å². The number of rotatable bonds is 1. The second-order valence-corrected chi connectivity index (χ2v) is 5.00. The number of halogens is 2. The van der Waals surface area contributed by atoms with Gasteiger partial charge in [-0.15, -0.1) is 0 Å². The predicted octanol–water partition coefficient (Wildman–Crippen LogP) is 3.43. The van der Waals surface area contributed by atoms with E-state index in [2.05, 4.69) is 0 Å². The minimum atomic E-state index is -0.761. The van der Waals surface area contributed by atoms with E-state index in [1.54, 1.807) is 12.1 Å². The normalized spacial score (nSPS) is 29.5. The lowest BCUT2D eigenvalue weighted by molar-refractivity contribution is -0.138. The monoisotopic (exact) mass is 254 g/mol. The van der Waals surface area contributed by atoms with E-state index in [0.717, 1.165) is 11.1 Å². The lowest BCUT2D eigenvalue weighted by Gasteiger charge is -2.12. The standard InChI is InChI=1S/C12H8Cl2O2/c13-7-3-4-8(14)9-5(7)1-2-6-10(9)11(6)12(15)16/h1-4,6,10-11H,(H,15,16)/t6-,10-,11+/m0/s1. The van der Waals surface area contributed by atoms with Gasteiger partial charge in [0.15, 0.2) is 0 Å². The van der Waals surface area contributed by atoms with Crippen molar-refractivity contribution in [3.63, 3.8) is 0 Å². The zero-order valence-electron chi connectivity index (χ0n) is 8.15.